The quantitative estimate of drug-likeness (QED) is 0.785. The molecule has 0 aliphatic rings. The summed E-state index contributed by atoms with van der Waals surface area (Å²) in [6.07, 6.45) is 0.204. The Balaban J connectivity index is 2.71. The van der Waals surface area contributed by atoms with Crippen LogP contribution in [0.25, 0.3) is 0 Å². The van der Waals surface area contributed by atoms with Crippen LogP contribution in [0.4, 0.5) is 5.69 Å². The zero-order valence-electron chi connectivity index (χ0n) is 13.2. The van der Waals surface area contributed by atoms with Crippen molar-refractivity contribution in [2.75, 3.05) is 25.5 Å². The predicted molar refractivity (Wildman–Crippen MR) is 83.4 cm³/mol. The normalized spacial score (nSPS) is 10.3. The minimum atomic E-state index is -0.286. The molecule has 0 saturated carbocycles. The minimum absolute atomic E-state index is 0.108. The lowest BCUT2D eigenvalue weighted by Gasteiger charge is -2.20. The van der Waals surface area contributed by atoms with Crippen molar-refractivity contribution in [2.45, 2.75) is 33.2 Å². The summed E-state index contributed by atoms with van der Waals surface area (Å²) in [6.45, 7) is 6.50. The third kappa shape index (κ3) is 5.45. The predicted octanol–water partition coefficient (Wildman–Crippen LogP) is 2.53. The molecule has 5 nitrogen and oxygen atoms in total. The van der Waals surface area contributed by atoms with Crippen molar-refractivity contribution in [3.8, 4) is 0 Å². The molecule has 0 unspecified atom stereocenters. The summed E-state index contributed by atoms with van der Waals surface area (Å²) in [5.41, 5.74) is 1.41. The van der Waals surface area contributed by atoms with Gasteiger partial charge in [-0.15, -0.1) is 0 Å². The van der Waals surface area contributed by atoms with Crippen LogP contribution in [0.5, 0.6) is 0 Å². The molecule has 1 rings (SSSR count). The number of ether oxygens (including phenoxy) is 1. The van der Waals surface area contributed by atoms with Crippen molar-refractivity contribution in [1.82, 2.24) is 4.90 Å². The number of rotatable bonds is 7. The first kappa shape index (κ1) is 17.0. The second-order valence-electron chi connectivity index (χ2n) is 5.13. The fourth-order valence-electron chi connectivity index (χ4n) is 1.91. The molecule has 1 N–H and O–H groups in total. The highest BCUT2D eigenvalue weighted by Crippen LogP contribution is 2.18. The van der Waals surface area contributed by atoms with Gasteiger partial charge in [0.15, 0.2) is 0 Å². The number of esters is 1. The first-order valence-electron chi connectivity index (χ1n) is 7.22. The van der Waals surface area contributed by atoms with E-state index < -0.39 is 0 Å². The third-order valence-corrected chi connectivity index (χ3v) is 2.91. The van der Waals surface area contributed by atoms with Crippen LogP contribution in [0.2, 0.25) is 0 Å². The van der Waals surface area contributed by atoms with E-state index in [2.05, 4.69) is 5.32 Å². The second kappa shape index (κ2) is 8.29. The molecule has 1 aromatic carbocycles. The summed E-state index contributed by atoms with van der Waals surface area (Å²) in [5.74, 6) is -0.395. The molecule has 0 atom stereocenters. The molecule has 5 heteroatoms. The largest absolute Gasteiger partial charge is 0.466 e. The van der Waals surface area contributed by atoms with Crippen LogP contribution in [-0.2, 0) is 9.53 Å². The first-order valence-corrected chi connectivity index (χ1v) is 7.22. The molecule has 0 fully saturated rings. The minimum Gasteiger partial charge on any atom is -0.466 e. The van der Waals surface area contributed by atoms with Gasteiger partial charge in [-0.1, -0.05) is 12.1 Å². The molecule has 116 valence electrons. The van der Waals surface area contributed by atoms with Gasteiger partial charge in [0.05, 0.1) is 18.6 Å². The Bertz CT molecular complexity index is 486. The first-order chi connectivity index (χ1) is 9.95. The number of para-hydroxylation sites is 1. The van der Waals surface area contributed by atoms with E-state index in [-0.39, 0.29) is 24.3 Å². The fraction of sp³-hybridized carbons (Fsp3) is 0.500. The maximum atomic E-state index is 12.5. The average Bonchev–Trinajstić information content (AvgIpc) is 2.44. The van der Waals surface area contributed by atoms with Crippen LogP contribution < -0.4 is 5.32 Å². The Hall–Kier alpha value is -2.04. The van der Waals surface area contributed by atoms with Gasteiger partial charge < -0.3 is 15.0 Å². The molecule has 0 aliphatic heterocycles. The summed E-state index contributed by atoms with van der Waals surface area (Å²) < 4.78 is 4.86. The molecule has 0 saturated heterocycles. The highest BCUT2D eigenvalue weighted by molar-refractivity contribution is 5.99. The maximum Gasteiger partial charge on any atom is 0.307 e. The smallest absolute Gasteiger partial charge is 0.307 e. The summed E-state index contributed by atoms with van der Waals surface area (Å²) >= 11 is 0. The Morgan fingerprint density at radius 1 is 1.29 bits per heavy atom. The van der Waals surface area contributed by atoms with Crippen molar-refractivity contribution in [1.29, 1.82) is 0 Å². The third-order valence-electron chi connectivity index (χ3n) is 2.91. The summed E-state index contributed by atoms with van der Waals surface area (Å²) in [7, 11) is 1.69. The number of hydrogen-bond acceptors (Lipinski definition) is 4. The molecule has 1 aromatic rings. The Labute approximate surface area is 126 Å². The van der Waals surface area contributed by atoms with Crippen LogP contribution >= 0.6 is 0 Å². The van der Waals surface area contributed by atoms with E-state index in [1.54, 1.807) is 20.0 Å². The summed E-state index contributed by atoms with van der Waals surface area (Å²) in [4.78, 5) is 25.3. The van der Waals surface area contributed by atoms with Gasteiger partial charge in [0.2, 0.25) is 0 Å². The second-order valence-corrected chi connectivity index (χ2v) is 5.13. The number of anilines is 1. The van der Waals surface area contributed by atoms with Crippen LogP contribution in [0, 0.1) is 0 Å². The molecule has 0 heterocycles. The van der Waals surface area contributed by atoms with E-state index in [9.17, 15) is 9.59 Å². The standard InChI is InChI=1S/C16H24N2O3/c1-5-21-15(19)10-11-18(4)16(20)13-8-6-7-9-14(13)17-12(2)3/h6-9,12,17H,5,10-11H2,1-4H3. The maximum absolute atomic E-state index is 12.5. The summed E-state index contributed by atoms with van der Waals surface area (Å²) in [5, 5.41) is 3.26. The lowest BCUT2D eigenvalue weighted by Crippen LogP contribution is -2.30. The number of carbonyl (C=O) groups excluding carboxylic acids is 2. The van der Waals surface area contributed by atoms with Gasteiger partial charge >= 0.3 is 5.97 Å². The number of hydrogen-bond donors (Lipinski definition) is 1. The van der Waals surface area contributed by atoms with Gasteiger partial charge in [-0.05, 0) is 32.9 Å². The van der Waals surface area contributed by atoms with Crippen molar-refractivity contribution in [2.24, 2.45) is 0 Å². The fourth-order valence-corrected chi connectivity index (χ4v) is 1.91. The molecule has 0 aromatic heterocycles. The van der Waals surface area contributed by atoms with Gasteiger partial charge in [-0.3, -0.25) is 9.59 Å². The zero-order chi connectivity index (χ0) is 15.8. The van der Waals surface area contributed by atoms with Gasteiger partial charge in [0.1, 0.15) is 0 Å². The molecule has 0 radical (unpaired) electrons. The molecular weight excluding hydrogens is 268 g/mol. The van der Waals surface area contributed by atoms with Crippen LogP contribution in [0.15, 0.2) is 24.3 Å². The van der Waals surface area contributed by atoms with Gasteiger partial charge in [-0.2, -0.15) is 0 Å². The molecule has 1 amide bonds. The summed E-state index contributed by atoms with van der Waals surface area (Å²) in [6, 6.07) is 7.63. The van der Waals surface area contributed by atoms with Crippen molar-refractivity contribution in [3.05, 3.63) is 29.8 Å². The molecular formula is C16H24N2O3. The Kier molecular flexibility index (Phi) is 6.72. The highest BCUT2D eigenvalue weighted by Gasteiger charge is 2.16. The van der Waals surface area contributed by atoms with E-state index in [0.29, 0.717) is 18.7 Å². The van der Waals surface area contributed by atoms with E-state index in [1.165, 1.54) is 4.90 Å². The monoisotopic (exact) mass is 292 g/mol. The average molecular weight is 292 g/mol. The number of carbonyl (C=O) groups is 2. The van der Waals surface area contributed by atoms with Crippen molar-refractivity contribution >= 4 is 17.6 Å². The Morgan fingerprint density at radius 2 is 1.95 bits per heavy atom. The number of amides is 1. The zero-order valence-corrected chi connectivity index (χ0v) is 13.2. The van der Waals surface area contributed by atoms with Gasteiger partial charge in [0.25, 0.3) is 5.91 Å². The van der Waals surface area contributed by atoms with E-state index in [4.69, 9.17) is 4.74 Å². The van der Waals surface area contributed by atoms with E-state index in [1.807, 2.05) is 32.0 Å². The molecule has 21 heavy (non-hydrogen) atoms. The topological polar surface area (TPSA) is 58.6 Å². The lowest BCUT2D eigenvalue weighted by atomic mass is 10.1. The van der Waals surface area contributed by atoms with Crippen LogP contribution in [0.1, 0.15) is 37.6 Å². The Morgan fingerprint density at radius 3 is 2.57 bits per heavy atom. The van der Waals surface area contributed by atoms with Crippen molar-refractivity contribution < 1.29 is 14.3 Å². The number of nitrogens with one attached hydrogen (secondary N) is 1. The highest BCUT2D eigenvalue weighted by atomic mass is 16.5. The van der Waals surface area contributed by atoms with Crippen LogP contribution in [0.3, 0.4) is 0 Å². The van der Waals surface area contributed by atoms with Crippen molar-refractivity contribution in [3.63, 3.8) is 0 Å². The lowest BCUT2D eigenvalue weighted by molar-refractivity contribution is -0.143. The molecule has 0 spiro atoms. The van der Waals surface area contributed by atoms with Gasteiger partial charge in [-0.25, -0.2) is 0 Å². The van der Waals surface area contributed by atoms with E-state index >= 15 is 0 Å². The SMILES string of the molecule is CCOC(=O)CCN(C)C(=O)c1ccccc1NC(C)C. The molecule has 0 aliphatic carbocycles. The van der Waals surface area contributed by atoms with Crippen LogP contribution in [-0.4, -0.2) is 43.0 Å². The van der Waals surface area contributed by atoms with Gasteiger partial charge in [0, 0.05) is 25.3 Å². The molecule has 0 bridgehead atoms. The number of benzene rings is 1. The van der Waals surface area contributed by atoms with E-state index in [0.717, 1.165) is 5.69 Å². The number of nitrogens with zero attached hydrogens (tertiary/aromatic N) is 1.